The minimum absolute atomic E-state index is 0. The van der Waals surface area contributed by atoms with Gasteiger partial charge >= 0.3 is 0 Å². The van der Waals surface area contributed by atoms with Gasteiger partial charge in [0, 0.05) is 30.6 Å². The fourth-order valence-electron chi connectivity index (χ4n) is 2.32. The van der Waals surface area contributed by atoms with Gasteiger partial charge in [-0.3, -0.25) is 9.98 Å². The van der Waals surface area contributed by atoms with Crippen molar-refractivity contribution in [1.29, 1.82) is 0 Å². The average molecular weight is 476 g/mol. The van der Waals surface area contributed by atoms with E-state index in [9.17, 15) is 13.9 Å². The second-order valence-corrected chi connectivity index (χ2v) is 5.55. The van der Waals surface area contributed by atoms with Crippen LogP contribution in [0.5, 0.6) is 0 Å². The van der Waals surface area contributed by atoms with Crippen LogP contribution in [0.25, 0.3) is 0 Å². The van der Waals surface area contributed by atoms with Gasteiger partial charge in [0.15, 0.2) is 5.96 Å². The second kappa shape index (κ2) is 11.0. The predicted molar refractivity (Wildman–Crippen MR) is 108 cm³/mol. The van der Waals surface area contributed by atoms with E-state index in [1.807, 2.05) is 6.92 Å². The summed E-state index contributed by atoms with van der Waals surface area (Å²) in [4.78, 5) is 8.24. The summed E-state index contributed by atoms with van der Waals surface area (Å²) in [6, 6.07) is 6.49. The molecule has 0 fully saturated rings. The Morgan fingerprint density at radius 2 is 1.92 bits per heavy atom. The summed E-state index contributed by atoms with van der Waals surface area (Å²) in [6.07, 6.45) is 2.44. The Bertz CT molecular complexity index is 716. The van der Waals surface area contributed by atoms with Gasteiger partial charge in [0.1, 0.15) is 11.6 Å². The second-order valence-electron chi connectivity index (χ2n) is 5.55. The molecule has 0 amide bonds. The summed E-state index contributed by atoms with van der Waals surface area (Å²) in [6.45, 7) is 4.40. The van der Waals surface area contributed by atoms with E-state index in [1.54, 1.807) is 31.5 Å². The number of hydrogen-bond donors (Lipinski definition) is 3. The first-order chi connectivity index (χ1) is 12.0. The molecular weight excluding hydrogens is 453 g/mol. The number of benzene rings is 1. The van der Waals surface area contributed by atoms with Crippen LogP contribution >= 0.6 is 24.0 Å². The smallest absolute Gasteiger partial charge is 0.191 e. The monoisotopic (exact) mass is 476 g/mol. The topological polar surface area (TPSA) is 69.5 Å². The van der Waals surface area contributed by atoms with Crippen LogP contribution in [0.1, 0.15) is 37.1 Å². The molecule has 3 N–H and O–H groups in total. The molecule has 1 aromatic heterocycles. The molecule has 2 atom stereocenters. The lowest BCUT2D eigenvalue weighted by molar-refractivity contribution is 0.187. The molecule has 0 bridgehead atoms. The number of halogens is 3. The maximum Gasteiger partial charge on any atom is 0.191 e. The molecule has 2 aromatic rings. The number of nitrogens with one attached hydrogen (secondary N) is 2. The minimum Gasteiger partial charge on any atom is -0.386 e. The van der Waals surface area contributed by atoms with Crippen LogP contribution in [-0.2, 0) is 0 Å². The molecular formula is C18H23F2IN4O. The Balaban J connectivity index is 0.00000338. The lowest BCUT2D eigenvalue weighted by Gasteiger charge is -2.19. The molecule has 0 aliphatic heterocycles. The first kappa shape index (κ1) is 22.2. The SMILES string of the molecule is CCNC(=NCC(O)c1ccncc1)NC(C)c1ccc(F)cc1F.I. The van der Waals surface area contributed by atoms with E-state index in [0.717, 1.165) is 6.07 Å². The maximum atomic E-state index is 13.9. The summed E-state index contributed by atoms with van der Waals surface area (Å²) in [5, 5.41) is 16.3. The summed E-state index contributed by atoms with van der Waals surface area (Å²) in [7, 11) is 0. The third-order valence-electron chi connectivity index (χ3n) is 3.64. The number of aliphatic hydroxyl groups is 1. The van der Waals surface area contributed by atoms with Gasteiger partial charge in [-0.1, -0.05) is 6.07 Å². The fourth-order valence-corrected chi connectivity index (χ4v) is 2.32. The van der Waals surface area contributed by atoms with Crippen molar-refractivity contribution < 1.29 is 13.9 Å². The van der Waals surface area contributed by atoms with Crippen molar-refractivity contribution in [2.45, 2.75) is 26.0 Å². The van der Waals surface area contributed by atoms with E-state index >= 15 is 0 Å². The number of aliphatic hydroxyl groups excluding tert-OH is 1. The molecule has 1 heterocycles. The van der Waals surface area contributed by atoms with Crippen LogP contribution in [0.4, 0.5) is 8.78 Å². The third kappa shape index (κ3) is 6.49. The highest BCUT2D eigenvalue weighted by Crippen LogP contribution is 2.17. The van der Waals surface area contributed by atoms with Gasteiger partial charge in [-0.15, -0.1) is 24.0 Å². The predicted octanol–water partition coefficient (Wildman–Crippen LogP) is 3.33. The number of aromatic nitrogens is 1. The normalized spacial score (nSPS) is 13.5. The lowest BCUT2D eigenvalue weighted by atomic mass is 10.1. The van der Waals surface area contributed by atoms with Crippen molar-refractivity contribution in [3.63, 3.8) is 0 Å². The first-order valence-electron chi connectivity index (χ1n) is 8.09. The highest BCUT2D eigenvalue weighted by molar-refractivity contribution is 14.0. The zero-order chi connectivity index (χ0) is 18.2. The van der Waals surface area contributed by atoms with E-state index < -0.39 is 23.8 Å². The van der Waals surface area contributed by atoms with Crippen LogP contribution in [0.15, 0.2) is 47.7 Å². The van der Waals surface area contributed by atoms with E-state index in [1.165, 1.54) is 12.1 Å². The third-order valence-corrected chi connectivity index (χ3v) is 3.64. The molecule has 1 aromatic carbocycles. The van der Waals surface area contributed by atoms with Gasteiger partial charge in [0.2, 0.25) is 0 Å². The van der Waals surface area contributed by atoms with Crippen molar-refractivity contribution in [2.24, 2.45) is 4.99 Å². The van der Waals surface area contributed by atoms with Gasteiger partial charge in [0.25, 0.3) is 0 Å². The molecule has 26 heavy (non-hydrogen) atoms. The molecule has 2 rings (SSSR count). The molecule has 8 heteroatoms. The van der Waals surface area contributed by atoms with Crippen LogP contribution in [0.2, 0.25) is 0 Å². The summed E-state index contributed by atoms with van der Waals surface area (Å²) >= 11 is 0. The molecule has 0 radical (unpaired) electrons. The van der Waals surface area contributed by atoms with Crippen molar-refractivity contribution in [2.75, 3.05) is 13.1 Å². The Labute approximate surface area is 169 Å². The van der Waals surface area contributed by atoms with Crippen molar-refractivity contribution in [1.82, 2.24) is 15.6 Å². The number of hydrogen-bond acceptors (Lipinski definition) is 3. The van der Waals surface area contributed by atoms with Gasteiger partial charge in [-0.25, -0.2) is 8.78 Å². The van der Waals surface area contributed by atoms with E-state index in [4.69, 9.17) is 0 Å². The molecule has 0 aliphatic rings. The van der Waals surface area contributed by atoms with Crippen LogP contribution in [0, 0.1) is 11.6 Å². The molecule has 5 nitrogen and oxygen atoms in total. The van der Waals surface area contributed by atoms with Crippen molar-refractivity contribution >= 4 is 29.9 Å². The summed E-state index contributed by atoms with van der Waals surface area (Å²) in [5.41, 5.74) is 1.05. The molecule has 0 saturated heterocycles. The first-order valence-corrected chi connectivity index (χ1v) is 8.09. The Morgan fingerprint density at radius 1 is 1.23 bits per heavy atom. The standard InChI is InChI=1S/C18H22F2N4O.HI/c1-3-22-18(23-11-17(25)13-6-8-21-9-7-13)24-12(2)15-5-4-14(19)10-16(15)20;/h4-10,12,17,25H,3,11H2,1-2H3,(H2,22,23,24);1H. The largest absolute Gasteiger partial charge is 0.386 e. The number of aliphatic imine (C=N–C) groups is 1. The zero-order valence-electron chi connectivity index (χ0n) is 14.6. The average Bonchev–Trinajstić information content (AvgIpc) is 2.60. The highest BCUT2D eigenvalue weighted by atomic mass is 127. The van der Waals surface area contributed by atoms with Gasteiger partial charge in [0.05, 0.1) is 18.7 Å². The van der Waals surface area contributed by atoms with Crippen LogP contribution < -0.4 is 10.6 Å². The van der Waals surface area contributed by atoms with Crippen LogP contribution in [-0.4, -0.2) is 29.1 Å². The Kier molecular flexibility index (Phi) is 9.42. The molecule has 2 unspecified atom stereocenters. The molecule has 0 saturated carbocycles. The Hall–Kier alpha value is -1.81. The Morgan fingerprint density at radius 3 is 2.54 bits per heavy atom. The van der Waals surface area contributed by atoms with Crippen LogP contribution in [0.3, 0.4) is 0 Å². The van der Waals surface area contributed by atoms with Crippen molar-refractivity contribution in [3.8, 4) is 0 Å². The van der Waals surface area contributed by atoms with Crippen molar-refractivity contribution in [3.05, 3.63) is 65.5 Å². The minimum atomic E-state index is -0.767. The molecule has 0 aliphatic carbocycles. The lowest BCUT2D eigenvalue weighted by Crippen LogP contribution is -2.39. The summed E-state index contributed by atoms with van der Waals surface area (Å²) < 4.78 is 26.9. The van der Waals surface area contributed by atoms with E-state index in [0.29, 0.717) is 23.6 Å². The molecule has 0 spiro atoms. The number of nitrogens with zero attached hydrogens (tertiary/aromatic N) is 2. The number of rotatable bonds is 6. The maximum absolute atomic E-state index is 13.9. The van der Waals surface area contributed by atoms with E-state index in [2.05, 4.69) is 20.6 Å². The van der Waals surface area contributed by atoms with Gasteiger partial charge in [-0.05, 0) is 37.6 Å². The van der Waals surface area contributed by atoms with Gasteiger partial charge < -0.3 is 15.7 Å². The summed E-state index contributed by atoms with van der Waals surface area (Å²) in [5.74, 6) is -0.797. The number of guanidine groups is 1. The van der Waals surface area contributed by atoms with E-state index in [-0.39, 0.29) is 30.5 Å². The highest BCUT2D eigenvalue weighted by Gasteiger charge is 2.14. The molecule has 142 valence electrons. The number of pyridine rings is 1. The van der Waals surface area contributed by atoms with Gasteiger partial charge in [-0.2, -0.15) is 0 Å². The quantitative estimate of drug-likeness (QED) is 0.340. The zero-order valence-corrected chi connectivity index (χ0v) is 16.9. The fraction of sp³-hybridized carbons (Fsp3) is 0.333.